The molecule has 19 heavy (non-hydrogen) atoms. The molecular formula is C12H17N5OS. The van der Waals surface area contributed by atoms with Gasteiger partial charge in [0, 0.05) is 30.6 Å². The molecule has 2 heterocycles. The van der Waals surface area contributed by atoms with Gasteiger partial charge in [0.25, 0.3) is 5.91 Å². The Labute approximate surface area is 115 Å². The number of anilines is 1. The summed E-state index contributed by atoms with van der Waals surface area (Å²) in [7, 11) is 0. The van der Waals surface area contributed by atoms with Gasteiger partial charge >= 0.3 is 0 Å². The van der Waals surface area contributed by atoms with E-state index in [2.05, 4.69) is 15.4 Å². The predicted octanol–water partition coefficient (Wildman–Crippen LogP) is 1.22. The molecule has 0 unspecified atom stereocenters. The Kier molecular flexibility index (Phi) is 4.16. The smallest absolute Gasteiger partial charge is 0.271 e. The SMILES string of the molecule is CCn1ncc(N)c1C(=O)NCCc1nc(C)cs1. The number of carbonyl (C=O) groups excluding carboxylic acids is 1. The van der Waals surface area contributed by atoms with Crippen molar-refractivity contribution in [3.8, 4) is 0 Å². The summed E-state index contributed by atoms with van der Waals surface area (Å²) in [6.07, 6.45) is 2.23. The monoisotopic (exact) mass is 279 g/mol. The van der Waals surface area contributed by atoms with Crippen molar-refractivity contribution in [2.45, 2.75) is 26.8 Å². The molecular weight excluding hydrogens is 262 g/mol. The number of carbonyl (C=O) groups is 1. The first-order valence-corrected chi connectivity index (χ1v) is 7.00. The van der Waals surface area contributed by atoms with Gasteiger partial charge in [-0.05, 0) is 13.8 Å². The highest BCUT2D eigenvalue weighted by molar-refractivity contribution is 7.09. The zero-order valence-corrected chi connectivity index (χ0v) is 11.8. The number of rotatable bonds is 5. The maximum absolute atomic E-state index is 12.0. The van der Waals surface area contributed by atoms with Crippen molar-refractivity contribution in [1.82, 2.24) is 20.1 Å². The van der Waals surface area contributed by atoms with Crippen LogP contribution in [-0.4, -0.2) is 27.2 Å². The number of aryl methyl sites for hydroxylation is 2. The van der Waals surface area contributed by atoms with E-state index in [-0.39, 0.29) is 5.91 Å². The molecule has 0 aliphatic rings. The zero-order valence-electron chi connectivity index (χ0n) is 11.0. The summed E-state index contributed by atoms with van der Waals surface area (Å²) in [6, 6.07) is 0. The number of hydrogen-bond acceptors (Lipinski definition) is 5. The van der Waals surface area contributed by atoms with Crippen LogP contribution in [-0.2, 0) is 13.0 Å². The summed E-state index contributed by atoms with van der Waals surface area (Å²) in [6.45, 7) is 5.03. The van der Waals surface area contributed by atoms with Crippen molar-refractivity contribution in [2.24, 2.45) is 0 Å². The van der Waals surface area contributed by atoms with Gasteiger partial charge in [-0.3, -0.25) is 9.48 Å². The molecule has 0 spiro atoms. The molecule has 0 radical (unpaired) electrons. The minimum absolute atomic E-state index is 0.190. The summed E-state index contributed by atoms with van der Waals surface area (Å²) >= 11 is 1.60. The van der Waals surface area contributed by atoms with Crippen LogP contribution in [0.15, 0.2) is 11.6 Å². The fourth-order valence-electron chi connectivity index (χ4n) is 1.77. The van der Waals surface area contributed by atoms with Crippen LogP contribution in [0, 0.1) is 6.92 Å². The van der Waals surface area contributed by atoms with Gasteiger partial charge in [0.1, 0.15) is 5.69 Å². The number of amides is 1. The first kappa shape index (κ1) is 13.5. The standard InChI is InChI=1S/C12H17N5OS/c1-3-17-11(9(13)6-15-17)12(18)14-5-4-10-16-8(2)7-19-10/h6-7H,3-5,13H2,1-2H3,(H,14,18). The molecule has 1 amide bonds. The molecule has 2 rings (SSSR count). The second-order valence-electron chi connectivity index (χ2n) is 4.15. The van der Waals surface area contributed by atoms with E-state index in [0.717, 1.165) is 17.1 Å². The Morgan fingerprint density at radius 3 is 3.00 bits per heavy atom. The van der Waals surface area contributed by atoms with Crippen LogP contribution in [0.1, 0.15) is 28.1 Å². The van der Waals surface area contributed by atoms with Crippen LogP contribution < -0.4 is 11.1 Å². The van der Waals surface area contributed by atoms with Crippen molar-refractivity contribution >= 4 is 22.9 Å². The van der Waals surface area contributed by atoms with Crippen molar-refractivity contribution in [1.29, 1.82) is 0 Å². The van der Waals surface area contributed by atoms with Crippen molar-refractivity contribution in [2.75, 3.05) is 12.3 Å². The Balaban J connectivity index is 1.92. The van der Waals surface area contributed by atoms with Crippen LogP contribution in [0.25, 0.3) is 0 Å². The van der Waals surface area contributed by atoms with Gasteiger partial charge in [0.2, 0.25) is 0 Å². The summed E-state index contributed by atoms with van der Waals surface area (Å²) in [4.78, 5) is 16.4. The average molecular weight is 279 g/mol. The molecule has 0 aromatic carbocycles. The maximum Gasteiger partial charge on any atom is 0.271 e. The minimum Gasteiger partial charge on any atom is -0.396 e. The predicted molar refractivity (Wildman–Crippen MR) is 75.2 cm³/mol. The molecule has 0 aliphatic heterocycles. The van der Waals surface area contributed by atoms with Gasteiger partial charge in [-0.1, -0.05) is 0 Å². The number of thiazole rings is 1. The van der Waals surface area contributed by atoms with E-state index in [1.54, 1.807) is 16.0 Å². The van der Waals surface area contributed by atoms with Gasteiger partial charge in [-0.25, -0.2) is 4.98 Å². The van der Waals surface area contributed by atoms with Gasteiger partial charge in [-0.2, -0.15) is 5.10 Å². The molecule has 0 bridgehead atoms. The van der Waals surface area contributed by atoms with Crippen LogP contribution >= 0.6 is 11.3 Å². The van der Waals surface area contributed by atoms with E-state index < -0.39 is 0 Å². The van der Waals surface area contributed by atoms with E-state index in [1.807, 2.05) is 19.2 Å². The number of aromatic nitrogens is 3. The number of nitrogens with two attached hydrogens (primary N) is 1. The highest BCUT2D eigenvalue weighted by Gasteiger charge is 2.15. The second-order valence-corrected chi connectivity index (χ2v) is 5.10. The summed E-state index contributed by atoms with van der Waals surface area (Å²) in [5, 5.41) is 9.91. The van der Waals surface area contributed by atoms with E-state index in [1.165, 1.54) is 6.20 Å². The highest BCUT2D eigenvalue weighted by atomic mass is 32.1. The minimum atomic E-state index is -0.190. The molecule has 2 aromatic rings. The number of nitrogens with zero attached hydrogens (tertiary/aromatic N) is 3. The molecule has 102 valence electrons. The van der Waals surface area contributed by atoms with Crippen molar-refractivity contribution in [3.05, 3.63) is 28.0 Å². The Bertz CT molecular complexity index is 574. The normalized spacial score (nSPS) is 10.6. The third kappa shape index (κ3) is 3.11. The molecule has 0 atom stereocenters. The molecule has 0 saturated heterocycles. The molecule has 3 N–H and O–H groups in total. The van der Waals surface area contributed by atoms with Gasteiger partial charge in [0.05, 0.1) is 16.9 Å². The van der Waals surface area contributed by atoms with Gasteiger partial charge in [0.15, 0.2) is 0 Å². The second kappa shape index (κ2) is 5.83. The first-order valence-electron chi connectivity index (χ1n) is 6.12. The van der Waals surface area contributed by atoms with Gasteiger partial charge in [-0.15, -0.1) is 11.3 Å². The molecule has 6 nitrogen and oxygen atoms in total. The molecule has 0 fully saturated rings. The lowest BCUT2D eigenvalue weighted by Gasteiger charge is -2.06. The van der Waals surface area contributed by atoms with Crippen molar-refractivity contribution < 1.29 is 4.79 Å². The number of nitrogens with one attached hydrogen (secondary N) is 1. The lowest BCUT2D eigenvalue weighted by atomic mass is 10.3. The molecule has 7 heteroatoms. The lowest BCUT2D eigenvalue weighted by Crippen LogP contribution is -2.28. The average Bonchev–Trinajstić information content (AvgIpc) is 2.95. The van der Waals surface area contributed by atoms with Gasteiger partial charge < -0.3 is 11.1 Å². The number of hydrogen-bond donors (Lipinski definition) is 2. The fourth-order valence-corrected chi connectivity index (χ4v) is 2.55. The van der Waals surface area contributed by atoms with E-state index in [0.29, 0.717) is 24.5 Å². The summed E-state index contributed by atoms with van der Waals surface area (Å²) < 4.78 is 1.60. The van der Waals surface area contributed by atoms with Crippen LogP contribution in [0.3, 0.4) is 0 Å². The maximum atomic E-state index is 12.0. The Morgan fingerprint density at radius 1 is 1.58 bits per heavy atom. The molecule has 2 aromatic heterocycles. The third-order valence-corrected chi connectivity index (χ3v) is 3.70. The quantitative estimate of drug-likeness (QED) is 0.861. The first-order chi connectivity index (χ1) is 9.11. The summed E-state index contributed by atoms with van der Waals surface area (Å²) in [5.41, 5.74) is 7.60. The van der Waals surface area contributed by atoms with Crippen LogP contribution in [0.5, 0.6) is 0 Å². The largest absolute Gasteiger partial charge is 0.396 e. The van der Waals surface area contributed by atoms with E-state index in [4.69, 9.17) is 5.73 Å². The van der Waals surface area contributed by atoms with E-state index in [9.17, 15) is 4.79 Å². The fraction of sp³-hybridized carbons (Fsp3) is 0.417. The molecule has 0 aliphatic carbocycles. The highest BCUT2D eigenvalue weighted by Crippen LogP contribution is 2.11. The van der Waals surface area contributed by atoms with Crippen LogP contribution in [0.4, 0.5) is 5.69 Å². The van der Waals surface area contributed by atoms with Crippen LogP contribution in [0.2, 0.25) is 0 Å². The Hall–Kier alpha value is -1.89. The molecule has 0 saturated carbocycles. The number of nitrogen functional groups attached to an aromatic ring is 1. The topological polar surface area (TPSA) is 85.8 Å². The van der Waals surface area contributed by atoms with E-state index >= 15 is 0 Å². The Morgan fingerprint density at radius 2 is 2.37 bits per heavy atom. The summed E-state index contributed by atoms with van der Waals surface area (Å²) in [5.74, 6) is -0.190. The zero-order chi connectivity index (χ0) is 13.8. The van der Waals surface area contributed by atoms with Crippen molar-refractivity contribution in [3.63, 3.8) is 0 Å². The third-order valence-electron chi connectivity index (χ3n) is 2.67. The lowest BCUT2D eigenvalue weighted by molar-refractivity contribution is 0.0944.